The van der Waals surface area contributed by atoms with E-state index in [1.54, 1.807) is 45.6 Å². The molecule has 0 amide bonds. The standard InChI is InChI=1S/C17H17N3O4.Na/c1-22-13-8-11(9-14(23-2)17(13)24-3)16-15(18-20-19-16)10-4-6-12(21)7-5-10;/h4-9,21H,1-3H3,(H,18,19,20);/q;+1/p-1. The van der Waals surface area contributed by atoms with Gasteiger partial charge in [-0.15, -0.1) is 5.75 Å². The first-order valence-corrected chi connectivity index (χ1v) is 7.16. The fraction of sp³-hybridized carbons (Fsp3) is 0.176. The van der Waals surface area contributed by atoms with Gasteiger partial charge in [0.2, 0.25) is 5.75 Å². The molecule has 8 heteroatoms. The number of benzene rings is 2. The van der Waals surface area contributed by atoms with Crippen molar-refractivity contribution in [3.05, 3.63) is 36.4 Å². The van der Waals surface area contributed by atoms with Crippen molar-refractivity contribution >= 4 is 0 Å². The molecule has 1 aromatic heterocycles. The maximum absolute atomic E-state index is 11.3. The minimum atomic E-state index is -0.0587. The van der Waals surface area contributed by atoms with Crippen LogP contribution < -0.4 is 48.9 Å². The molecule has 0 bridgehead atoms. The molecule has 0 atom stereocenters. The molecule has 0 saturated heterocycles. The van der Waals surface area contributed by atoms with E-state index in [0.29, 0.717) is 28.6 Å². The molecule has 0 unspecified atom stereocenters. The average molecular weight is 349 g/mol. The quantitative estimate of drug-likeness (QED) is 0.609. The van der Waals surface area contributed by atoms with E-state index in [-0.39, 0.29) is 35.3 Å². The molecular formula is C17H16N3NaO4. The normalized spacial score (nSPS) is 10.0. The third kappa shape index (κ3) is 3.73. The third-order valence-corrected chi connectivity index (χ3v) is 3.61. The number of hydrogen-bond acceptors (Lipinski definition) is 6. The van der Waals surface area contributed by atoms with Crippen molar-refractivity contribution in [3.63, 3.8) is 0 Å². The minimum Gasteiger partial charge on any atom is -0.872 e. The Morgan fingerprint density at radius 3 is 1.80 bits per heavy atom. The number of aromatic nitrogens is 3. The molecule has 2 aromatic carbocycles. The Balaban J connectivity index is 0.00000225. The Morgan fingerprint density at radius 1 is 0.800 bits per heavy atom. The van der Waals surface area contributed by atoms with Crippen LogP contribution in [0, 0.1) is 0 Å². The molecule has 25 heavy (non-hydrogen) atoms. The van der Waals surface area contributed by atoms with Crippen molar-refractivity contribution in [1.82, 2.24) is 15.4 Å². The zero-order valence-corrected chi connectivity index (χ0v) is 16.5. The molecular weight excluding hydrogens is 333 g/mol. The van der Waals surface area contributed by atoms with Gasteiger partial charge in [-0.3, -0.25) is 0 Å². The van der Waals surface area contributed by atoms with Gasteiger partial charge < -0.3 is 19.3 Å². The first kappa shape index (κ1) is 19.1. The van der Waals surface area contributed by atoms with Gasteiger partial charge in [-0.25, -0.2) is 0 Å². The Bertz CT molecular complexity index is 824. The van der Waals surface area contributed by atoms with Gasteiger partial charge in [0.25, 0.3) is 0 Å². The van der Waals surface area contributed by atoms with E-state index in [2.05, 4.69) is 15.4 Å². The predicted octanol–water partition coefficient (Wildman–Crippen LogP) is -0.758. The van der Waals surface area contributed by atoms with E-state index in [1.807, 2.05) is 0 Å². The Morgan fingerprint density at radius 2 is 1.32 bits per heavy atom. The molecule has 124 valence electrons. The second kappa shape index (κ2) is 8.24. The summed E-state index contributed by atoms with van der Waals surface area (Å²) in [5.74, 6) is 1.49. The second-order valence-electron chi connectivity index (χ2n) is 4.96. The van der Waals surface area contributed by atoms with Crippen LogP contribution in [0.15, 0.2) is 36.4 Å². The van der Waals surface area contributed by atoms with Crippen LogP contribution in [0.2, 0.25) is 0 Å². The van der Waals surface area contributed by atoms with E-state index >= 15 is 0 Å². The van der Waals surface area contributed by atoms with Crippen LogP contribution in [-0.2, 0) is 0 Å². The molecule has 0 fully saturated rings. The summed E-state index contributed by atoms with van der Waals surface area (Å²) in [4.78, 5) is 0. The van der Waals surface area contributed by atoms with Crippen molar-refractivity contribution in [2.24, 2.45) is 0 Å². The molecule has 1 heterocycles. The summed E-state index contributed by atoms with van der Waals surface area (Å²) < 4.78 is 16.1. The van der Waals surface area contributed by atoms with Gasteiger partial charge in [-0.1, -0.05) is 24.3 Å². The van der Waals surface area contributed by atoms with Gasteiger partial charge in [0, 0.05) is 11.1 Å². The monoisotopic (exact) mass is 349 g/mol. The molecule has 3 rings (SSSR count). The molecule has 0 aliphatic rings. The van der Waals surface area contributed by atoms with E-state index in [9.17, 15) is 5.11 Å². The van der Waals surface area contributed by atoms with Crippen LogP contribution in [-0.4, -0.2) is 36.7 Å². The van der Waals surface area contributed by atoms with Gasteiger partial charge in [-0.2, -0.15) is 15.4 Å². The number of methoxy groups -OCH3 is 3. The summed E-state index contributed by atoms with van der Waals surface area (Å²) in [6.07, 6.45) is 0. The van der Waals surface area contributed by atoms with Crippen molar-refractivity contribution in [1.29, 1.82) is 0 Å². The van der Waals surface area contributed by atoms with Crippen molar-refractivity contribution in [2.75, 3.05) is 21.3 Å². The Hall–Kier alpha value is -2.22. The smallest absolute Gasteiger partial charge is 0.872 e. The van der Waals surface area contributed by atoms with Crippen molar-refractivity contribution in [2.45, 2.75) is 0 Å². The van der Waals surface area contributed by atoms with E-state index < -0.39 is 0 Å². The summed E-state index contributed by atoms with van der Waals surface area (Å²) in [5.41, 5.74) is 2.78. The van der Waals surface area contributed by atoms with Gasteiger partial charge >= 0.3 is 29.6 Å². The first-order valence-electron chi connectivity index (χ1n) is 7.16. The van der Waals surface area contributed by atoms with Crippen LogP contribution in [0.25, 0.3) is 22.5 Å². The topological polar surface area (TPSA) is 92.3 Å². The zero-order chi connectivity index (χ0) is 17.1. The number of rotatable bonds is 5. The van der Waals surface area contributed by atoms with E-state index in [0.717, 1.165) is 11.1 Å². The Labute approximate surface area is 167 Å². The van der Waals surface area contributed by atoms with Crippen molar-refractivity contribution in [3.8, 4) is 45.5 Å². The van der Waals surface area contributed by atoms with Crippen LogP contribution in [0.4, 0.5) is 0 Å². The molecule has 0 saturated carbocycles. The van der Waals surface area contributed by atoms with Crippen LogP contribution in [0.1, 0.15) is 0 Å². The summed E-state index contributed by atoms with van der Waals surface area (Å²) >= 11 is 0. The fourth-order valence-corrected chi connectivity index (χ4v) is 2.46. The van der Waals surface area contributed by atoms with Gasteiger partial charge in [0.15, 0.2) is 11.5 Å². The van der Waals surface area contributed by atoms with Crippen molar-refractivity contribution < 1.29 is 48.9 Å². The molecule has 0 radical (unpaired) electrons. The summed E-state index contributed by atoms with van der Waals surface area (Å²) in [5, 5.41) is 22.3. The molecule has 0 aliphatic carbocycles. The maximum atomic E-state index is 11.3. The summed E-state index contributed by atoms with van der Waals surface area (Å²) in [6.45, 7) is 0. The van der Waals surface area contributed by atoms with E-state index in [1.165, 1.54) is 12.1 Å². The summed E-state index contributed by atoms with van der Waals surface area (Å²) in [7, 11) is 4.65. The predicted molar refractivity (Wildman–Crippen MR) is 86.4 cm³/mol. The molecule has 0 spiro atoms. The minimum absolute atomic E-state index is 0. The average Bonchev–Trinajstić information content (AvgIpc) is 3.10. The fourth-order valence-electron chi connectivity index (χ4n) is 2.46. The van der Waals surface area contributed by atoms with E-state index in [4.69, 9.17) is 14.2 Å². The number of hydrogen-bond donors (Lipinski definition) is 1. The van der Waals surface area contributed by atoms with Crippen LogP contribution in [0.5, 0.6) is 23.0 Å². The van der Waals surface area contributed by atoms with Gasteiger partial charge in [0.05, 0.1) is 21.3 Å². The summed E-state index contributed by atoms with van der Waals surface area (Å²) in [6, 6.07) is 9.99. The molecule has 0 aliphatic heterocycles. The Kier molecular flexibility index (Phi) is 6.30. The molecule has 7 nitrogen and oxygen atoms in total. The SMILES string of the molecule is COc1cc(-c2n[nH]nc2-c2ccc([O-])cc2)cc(OC)c1OC.[Na+]. The number of nitrogens with one attached hydrogen (secondary N) is 1. The van der Waals surface area contributed by atoms with Gasteiger partial charge in [-0.05, 0) is 12.1 Å². The maximum Gasteiger partial charge on any atom is 1.00 e. The third-order valence-electron chi connectivity index (χ3n) is 3.61. The van der Waals surface area contributed by atoms with Crippen LogP contribution in [0.3, 0.4) is 0 Å². The number of ether oxygens (including phenoxy) is 3. The first-order chi connectivity index (χ1) is 11.7. The second-order valence-corrected chi connectivity index (χ2v) is 4.96. The largest absolute Gasteiger partial charge is 1.00 e. The molecule has 1 N–H and O–H groups in total. The molecule has 3 aromatic rings. The number of H-pyrrole nitrogens is 1. The zero-order valence-electron chi connectivity index (χ0n) is 14.5. The van der Waals surface area contributed by atoms with Crippen LogP contribution >= 0.6 is 0 Å². The number of aromatic amines is 1. The number of nitrogens with zero attached hydrogens (tertiary/aromatic N) is 2. The van der Waals surface area contributed by atoms with Gasteiger partial charge in [0.1, 0.15) is 11.4 Å².